The summed E-state index contributed by atoms with van der Waals surface area (Å²) in [6.07, 6.45) is 0. The largest absolute Gasteiger partial charge is 0.374 e. The molecule has 1 unspecified atom stereocenters. The number of nitrogens with zero attached hydrogens (tertiary/aromatic N) is 1. The van der Waals surface area contributed by atoms with Gasteiger partial charge in [-0.3, -0.25) is 0 Å². The van der Waals surface area contributed by atoms with Gasteiger partial charge in [0.2, 0.25) is 0 Å². The van der Waals surface area contributed by atoms with Crippen LogP contribution >= 0.6 is 0 Å². The maximum atomic E-state index is 3.48. The lowest BCUT2D eigenvalue weighted by molar-refractivity contribution is 0.478. The van der Waals surface area contributed by atoms with Crippen molar-refractivity contribution in [3.8, 4) is 0 Å². The summed E-state index contributed by atoms with van der Waals surface area (Å²) in [7, 11) is 2.16. The molecule has 17 heavy (non-hydrogen) atoms. The Morgan fingerprint density at radius 3 is 2.24 bits per heavy atom. The van der Waals surface area contributed by atoms with Crippen LogP contribution in [-0.4, -0.2) is 26.2 Å². The first-order valence-electron chi connectivity index (χ1n) is 6.50. The molecular formula is C15H26N2. The van der Waals surface area contributed by atoms with E-state index in [0.717, 1.165) is 13.1 Å². The predicted octanol–water partition coefficient (Wildman–Crippen LogP) is 3.07. The molecule has 0 saturated carbocycles. The Hall–Kier alpha value is -1.02. The fourth-order valence-corrected chi connectivity index (χ4v) is 1.87. The van der Waals surface area contributed by atoms with Gasteiger partial charge >= 0.3 is 0 Å². The first kappa shape index (κ1) is 14.0. The summed E-state index contributed by atoms with van der Waals surface area (Å²) in [6, 6.07) is 9.30. The molecule has 0 spiro atoms. The second kappa shape index (κ2) is 6.65. The fourth-order valence-electron chi connectivity index (χ4n) is 1.87. The van der Waals surface area contributed by atoms with Gasteiger partial charge in [0.25, 0.3) is 0 Å². The molecule has 1 rings (SSSR count). The molecule has 0 aliphatic heterocycles. The molecule has 2 nitrogen and oxygen atoms in total. The van der Waals surface area contributed by atoms with Crippen LogP contribution in [-0.2, 0) is 0 Å². The Labute approximate surface area is 106 Å². The Morgan fingerprint density at radius 2 is 1.71 bits per heavy atom. The van der Waals surface area contributed by atoms with E-state index in [2.05, 4.69) is 69.2 Å². The van der Waals surface area contributed by atoms with Crippen molar-refractivity contribution in [3.63, 3.8) is 0 Å². The lowest BCUT2D eigenvalue weighted by Crippen LogP contribution is -2.33. The molecule has 1 aromatic rings. The Kier molecular flexibility index (Phi) is 5.49. The molecule has 0 radical (unpaired) electrons. The van der Waals surface area contributed by atoms with Crippen molar-refractivity contribution < 1.29 is 0 Å². The van der Waals surface area contributed by atoms with Crippen LogP contribution < -0.4 is 10.2 Å². The van der Waals surface area contributed by atoms with Gasteiger partial charge in [-0.1, -0.05) is 38.5 Å². The Morgan fingerprint density at radius 1 is 1.12 bits per heavy atom. The highest BCUT2D eigenvalue weighted by Gasteiger charge is 2.07. The average Bonchev–Trinajstić information content (AvgIpc) is 2.27. The summed E-state index contributed by atoms with van der Waals surface area (Å²) in [4.78, 5) is 2.33. The SMILES string of the molecule is Cc1ccc(N(C)CC(C)CNC(C)C)cc1. The van der Waals surface area contributed by atoms with E-state index in [1.165, 1.54) is 11.3 Å². The van der Waals surface area contributed by atoms with Crippen molar-refractivity contribution in [1.82, 2.24) is 5.32 Å². The van der Waals surface area contributed by atoms with E-state index >= 15 is 0 Å². The summed E-state index contributed by atoms with van der Waals surface area (Å²) >= 11 is 0. The lowest BCUT2D eigenvalue weighted by Gasteiger charge is -2.24. The minimum Gasteiger partial charge on any atom is -0.374 e. The quantitative estimate of drug-likeness (QED) is 0.814. The number of nitrogens with one attached hydrogen (secondary N) is 1. The Balaban J connectivity index is 2.42. The summed E-state index contributed by atoms with van der Waals surface area (Å²) < 4.78 is 0. The monoisotopic (exact) mass is 234 g/mol. The van der Waals surface area contributed by atoms with Crippen LogP contribution in [0.3, 0.4) is 0 Å². The number of rotatable bonds is 6. The van der Waals surface area contributed by atoms with Crippen LogP contribution in [0.4, 0.5) is 5.69 Å². The third-order valence-corrected chi connectivity index (χ3v) is 2.93. The molecular weight excluding hydrogens is 208 g/mol. The number of aryl methyl sites for hydroxylation is 1. The first-order chi connectivity index (χ1) is 7.99. The number of benzene rings is 1. The van der Waals surface area contributed by atoms with E-state index < -0.39 is 0 Å². The molecule has 0 aliphatic rings. The van der Waals surface area contributed by atoms with Crippen LogP contribution in [0.5, 0.6) is 0 Å². The molecule has 1 atom stereocenters. The summed E-state index contributed by atoms with van der Waals surface area (Å²) in [6.45, 7) is 11.0. The molecule has 0 fully saturated rings. The molecule has 0 saturated heterocycles. The van der Waals surface area contributed by atoms with Gasteiger partial charge in [0.15, 0.2) is 0 Å². The zero-order valence-corrected chi connectivity index (χ0v) is 11.8. The smallest absolute Gasteiger partial charge is 0.0363 e. The lowest BCUT2D eigenvalue weighted by atomic mass is 10.1. The summed E-state index contributed by atoms with van der Waals surface area (Å²) in [5.41, 5.74) is 2.61. The van der Waals surface area contributed by atoms with E-state index in [0.29, 0.717) is 12.0 Å². The standard InChI is InChI=1S/C15H26N2/c1-12(2)16-10-14(4)11-17(5)15-8-6-13(3)7-9-15/h6-9,12,14,16H,10-11H2,1-5H3. The van der Waals surface area contributed by atoms with E-state index in [4.69, 9.17) is 0 Å². The fraction of sp³-hybridized carbons (Fsp3) is 0.600. The van der Waals surface area contributed by atoms with Crippen LogP contribution in [0.2, 0.25) is 0 Å². The maximum Gasteiger partial charge on any atom is 0.0363 e. The van der Waals surface area contributed by atoms with E-state index in [9.17, 15) is 0 Å². The molecule has 0 aliphatic carbocycles. The number of hydrogen-bond donors (Lipinski definition) is 1. The van der Waals surface area contributed by atoms with E-state index in [-0.39, 0.29) is 0 Å². The van der Waals surface area contributed by atoms with Crippen LogP contribution in [0.1, 0.15) is 26.3 Å². The van der Waals surface area contributed by atoms with Gasteiger partial charge in [-0.05, 0) is 31.5 Å². The van der Waals surface area contributed by atoms with Crippen LogP contribution in [0.25, 0.3) is 0 Å². The third-order valence-electron chi connectivity index (χ3n) is 2.93. The van der Waals surface area contributed by atoms with Crippen molar-refractivity contribution in [2.75, 3.05) is 25.0 Å². The van der Waals surface area contributed by atoms with Gasteiger partial charge in [-0.15, -0.1) is 0 Å². The van der Waals surface area contributed by atoms with E-state index in [1.807, 2.05) is 0 Å². The van der Waals surface area contributed by atoms with Crippen molar-refractivity contribution in [2.24, 2.45) is 5.92 Å². The second-order valence-electron chi connectivity index (χ2n) is 5.38. The zero-order valence-electron chi connectivity index (χ0n) is 11.8. The van der Waals surface area contributed by atoms with Crippen molar-refractivity contribution in [1.29, 1.82) is 0 Å². The highest BCUT2D eigenvalue weighted by Crippen LogP contribution is 2.14. The molecule has 0 heterocycles. The number of hydrogen-bond acceptors (Lipinski definition) is 2. The minimum absolute atomic E-state index is 0.571. The van der Waals surface area contributed by atoms with E-state index in [1.54, 1.807) is 0 Å². The maximum absolute atomic E-state index is 3.48. The van der Waals surface area contributed by atoms with Crippen molar-refractivity contribution in [2.45, 2.75) is 33.7 Å². The molecule has 96 valence electrons. The zero-order chi connectivity index (χ0) is 12.8. The van der Waals surface area contributed by atoms with Gasteiger partial charge in [-0.2, -0.15) is 0 Å². The van der Waals surface area contributed by atoms with Gasteiger partial charge in [0.05, 0.1) is 0 Å². The van der Waals surface area contributed by atoms with Crippen molar-refractivity contribution in [3.05, 3.63) is 29.8 Å². The molecule has 1 aromatic carbocycles. The van der Waals surface area contributed by atoms with Gasteiger partial charge in [0.1, 0.15) is 0 Å². The number of anilines is 1. The summed E-state index contributed by atoms with van der Waals surface area (Å²) in [5, 5.41) is 3.48. The summed E-state index contributed by atoms with van der Waals surface area (Å²) in [5.74, 6) is 0.656. The molecule has 2 heteroatoms. The highest BCUT2D eigenvalue weighted by atomic mass is 15.1. The van der Waals surface area contributed by atoms with Gasteiger partial charge < -0.3 is 10.2 Å². The van der Waals surface area contributed by atoms with Gasteiger partial charge in [0, 0.05) is 25.3 Å². The Bertz CT molecular complexity index is 316. The minimum atomic E-state index is 0.571. The van der Waals surface area contributed by atoms with Crippen LogP contribution in [0.15, 0.2) is 24.3 Å². The predicted molar refractivity (Wildman–Crippen MR) is 76.8 cm³/mol. The normalized spacial score (nSPS) is 12.8. The molecule has 0 aromatic heterocycles. The average molecular weight is 234 g/mol. The second-order valence-corrected chi connectivity index (χ2v) is 5.38. The molecule has 0 bridgehead atoms. The van der Waals surface area contributed by atoms with Crippen LogP contribution in [0, 0.1) is 12.8 Å². The highest BCUT2D eigenvalue weighted by molar-refractivity contribution is 5.46. The molecule has 0 amide bonds. The van der Waals surface area contributed by atoms with Gasteiger partial charge in [-0.25, -0.2) is 0 Å². The first-order valence-corrected chi connectivity index (χ1v) is 6.50. The third kappa shape index (κ3) is 5.22. The van der Waals surface area contributed by atoms with Crippen molar-refractivity contribution >= 4 is 5.69 Å². The topological polar surface area (TPSA) is 15.3 Å². The molecule has 1 N–H and O–H groups in total.